The summed E-state index contributed by atoms with van der Waals surface area (Å²) >= 11 is 1.34. The molecule has 0 fully saturated rings. The van der Waals surface area contributed by atoms with Crippen molar-refractivity contribution in [2.24, 2.45) is 16.5 Å². The van der Waals surface area contributed by atoms with E-state index in [0.717, 1.165) is 0 Å². The highest BCUT2D eigenvalue weighted by Crippen LogP contribution is 2.13. The lowest BCUT2D eigenvalue weighted by Crippen LogP contribution is -2.57. The number of benzene rings is 1. The Balaban J connectivity index is 1.57. The molecule has 2 heterocycles. The molecule has 23 nitrogen and oxygen atoms in total. The molecule has 61 heavy (non-hydrogen) atoms. The molecule has 0 saturated carbocycles. The number of aromatic nitrogens is 4. The number of anilines is 2. The number of hydrogen-bond acceptors (Lipinski definition) is 16. The second-order valence-electron chi connectivity index (χ2n) is 13.4. The van der Waals surface area contributed by atoms with Crippen molar-refractivity contribution in [3.63, 3.8) is 0 Å². The third kappa shape index (κ3) is 16.0. The Morgan fingerprint density at radius 3 is 2.18 bits per heavy atom. The van der Waals surface area contributed by atoms with Gasteiger partial charge in [-0.05, 0) is 56.2 Å². The monoisotopic (exact) mass is 866 g/mol. The molecule has 0 saturated heterocycles. The minimum atomic E-state index is -1.42. The van der Waals surface area contributed by atoms with Gasteiger partial charge in [0.15, 0.2) is 17.1 Å². The predicted molar refractivity (Wildman–Crippen MR) is 226 cm³/mol. The van der Waals surface area contributed by atoms with E-state index in [1.807, 2.05) is 0 Å². The Morgan fingerprint density at radius 1 is 0.869 bits per heavy atom. The van der Waals surface area contributed by atoms with E-state index < -0.39 is 71.7 Å². The molecular formula is C37H50N14O9S. The summed E-state index contributed by atoms with van der Waals surface area (Å²) in [7, 11) is 0. The van der Waals surface area contributed by atoms with E-state index in [9.17, 15) is 43.2 Å². The van der Waals surface area contributed by atoms with Crippen LogP contribution in [0, 0.1) is 0 Å². The van der Waals surface area contributed by atoms with Gasteiger partial charge in [-0.25, -0.2) is 9.97 Å². The molecule has 1 aromatic carbocycles. The van der Waals surface area contributed by atoms with Crippen LogP contribution in [-0.2, 0) is 40.1 Å². The first kappa shape index (κ1) is 48.4. The molecule has 5 amide bonds. The number of nitrogens with two attached hydrogens (primary N) is 3. The number of nitrogens with zero attached hydrogens (tertiary/aromatic N) is 4. The maximum atomic E-state index is 13.4. The van der Waals surface area contributed by atoms with Crippen molar-refractivity contribution < 1.29 is 38.4 Å². The van der Waals surface area contributed by atoms with Crippen LogP contribution in [0.1, 0.15) is 61.5 Å². The summed E-state index contributed by atoms with van der Waals surface area (Å²) in [5, 5.41) is 15.7. The summed E-state index contributed by atoms with van der Waals surface area (Å²) in [6.07, 6.45) is 4.03. The van der Waals surface area contributed by atoms with Gasteiger partial charge < -0.3 is 63.5 Å². The summed E-state index contributed by atoms with van der Waals surface area (Å²) in [4.78, 5) is 131. The van der Waals surface area contributed by atoms with Crippen LogP contribution >= 0.6 is 11.8 Å². The van der Waals surface area contributed by atoms with Crippen LogP contribution in [0.4, 0.5) is 11.6 Å². The Labute approximate surface area is 353 Å². The van der Waals surface area contributed by atoms with Crippen molar-refractivity contribution in [1.29, 1.82) is 0 Å². The minimum absolute atomic E-state index is 0.00399. The van der Waals surface area contributed by atoms with E-state index >= 15 is 0 Å². The van der Waals surface area contributed by atoms with Crippen molar-refractivity contribution in [3.8, 4) is 0 Å². The number of fused-ring (bicyclic) bond motifs is 1. The van der Waals surface area contributed by atoms with Gasteiger partial charge in [0.1, 0.15) is 37.0 Å². The number of aromatic amines is 1. The number of rotatable bonds is 26. The molecule has 328 valence electrons. The Morgan fingerprint density at radius 2 is 1.54 bits per heavy atom. The molecule has 0 radical (unpaired) electrons. The molecule has 0 aliphatic carbocycles. The standard InChI is InChI=1S/C37H50N14O9S/c1-3-25(32(57)46-24(18-54)19-61-2)48-33(58)26(5-4-13-41-36(38)39)49-34(59)27(12-14-52)47-28(55)11-10-22(17-53)45-31(56)20-6-8-21(9-7-20)42-15-23-16-43-30-29(44-23)35(60)51-37(40)50-30/h6-9,14,16-18,22,24-27,42H,3-5,10-13,15,19H2,1-2H3,(H,45,56)(H,46,57)(H,47,55)(H,48,58)(H,49,59)(H4,38,39,41)(H3,40,43,50,51,60)/t22-,24+,25-,26-,27-/m0/s1. The topological polar surface area (TPSA) is 371 Å². The number of aldehydes is 3. The van der Waals surface area contributed by atoms with E-state index in [4.69, 9.17) is 17.2 Å². The molecule has 0 spiro atoms. The molecule has 0 aliphatic rings. The van der Waals surface area contributed by atoms with Gasteiger partial charge in [-0.15, -0.1) is 0 Å². The lowest BCUT2D eigenvalue weighted by atomic mass is 10.1. The van der Waals surface area contributed by atoms with Gasteiger partial charge in [0.25, 0.3) is 11.5 Å². The number of nitrogen functional groups attached to an aromatic ring is 1. The third-order valence-electron chi connectivity index (χ3n) is 8.71. The van der Waals surface area contributed by atoms with Crippen LogP contribution in [-0.4, -0.2) is 123 Å². The summed E-state index contributed by atoms with van der Waals surface area (Å²) < 4.78 is 0. The summed E-state index contributed by atoms with van der Waals surface area (Å²) in [6.45, 7) is 1.92. The number of aliphatic imine (C=N–C) groups is 1. The van der Waals surface area contributed by atoms with Crippen molar-refractivity contribution in [3.05, 3.63) is 52.1 Å². The Kier molecular flexibility index (Phi) is 19.7. The molecule has 13 N–H and O–H groups in total. The molecule has 0 bridgehead atoms. The minimum Gasteiger partial charge on any atom is -0.379 e. The van der Waals surface area contributed by atoms with Gasteiger partial charge in [0.05, 0.1) is 30.5 Å². The Hall–Kier alpha value is -6.98. The van der Waals surface area contributed by atoms with Gasteiger partial charge >= 0.3 is 0 Å². The average Bonchev–Trinajstić information content (AvgIpc) is 3.23. The zero-order valence-electron chi connectivity index (χ0n) is 33.5. The number of guanidine groups is 1. The highest BCUT2D eigenvalue weighted by molar-refractivity contribution is 7.98. The summed E-state index contributed by atoms with van der Waals surface area (Å²) in [5.41, 5.74) is 17.1. The van der Waals surface area contributed by atoms with Gasteiger partial charge in [-0.2, -0.15) is 16.7 Å². The van der Waals surface area contributed by atoms with Crippen LogP contribution in [0.25, 0.3) is 11.2 Å². The fourth-order valence-corrected chi connectivity index (χ4v) is 6.06. The van der Waals surface area contributed by atoms with E-state index in [1.165, 1.54) is 30.1 Å². The van der Waals surface area contributed by atoms with Crippen molar-refractivity contribution in [2.75, 3.05) is 29.6 Å². The van der Waals surface area contributed by atoms with Crippen molar-refractivity contribution >= 4 is 88.9 Å². The Bertz CT molecular complexity index is 2110. The van der Waals surface area contributed by atoms with E-state index in [2.05, 4.69) is 56.8 Å². The molecule has 5 atom stereocenters. The van der Waals surface area contributed by atoms with Gasteiger partial charge in [0.2, 0.25) is 29.6 Å². The number of amides is 5. The van der Waals surface area contributed by atoms with Crippen molar-refractivity contribution in [1.82, 2.24) is 46.5 Å². The molecule has 2 aromatic heterocycles. The molecule has 0 aliphatic heterocycles. The predicted octanol–water partition coefficient (Wildman–Crippen LogP) is -2.46. The number of carbonyl (C=O) groups excluding carboxylic acids is 8. The SMILES string of the molecule is CC[C@H](NC(=O)[C@H](CCCN=C(N)N)NC(=O)[C@H](CC=O)NC(=O)CC[C@@H](C=O)NC(=O)c1ccc(NCc2cnc3nc(N)[nH]c(=O)c3n2)cc1)C(=O)N[C@H](C=O)CSC. The van der Waals surface area contributed by atoms with Crippen LogP contribution in [0.5, 0.6) is 0 Å². The summed E-state index contributed by atoms with van der Waals surface area (Å²) in [5.74, 6) is -3.53. The van der Waals surface area contributed by atoms with Crippen LogP contribution in [0.15, 0.2) is 40.2 Å². The average molecular weight is 867 g/mol. The first-order chi connectivity index (χ1) is 29.2. The number of thioether (sulfide) groups is 1. The quantitative estimate of drug-likeness (QED) is 0.0173. The second-order valence-corrected chi connectivity index (χ2v) is 14.3. The fourth-order valence-electron chi connectivity index (χ4n) is 5.54. The lowest BCUT2D eigenvalue weighted by Gasteiger charge is -2.25. The van der Waals surface area contributed by atoms with E-state index in [-0.39, 0.29) is 73.8 Å². The zero-order chi connectivity index (χ0) is 44.9. The number of carbonyl (C=O) groups is 8. The van der Waals surface area contributed by atoms with E-state index in [1.54, 1.807) is 25.3 Å². The number of nitrogens with one attached hydrogen (secondary N) is 7. The third-order valence-corrected chi connectivity index (χ3v) is 9.40. The zero-order valence-corrected chi connectivity index (χ0v) is 34.3. The maximum Gasteiger partial charge on any atom is 0.280 e. The van der Waals surface area contributed by atoms with Gasteiger partial charge in [-0.3, -0.25) is 38.7 Å². The maximum absolute atomic E-state index is 13.4. The normalized spacial score (nSPS) is 13.2. The smallest absolute Gasteiger partial charge is 0.280 e. The van der Waals surface area contributed by atoms with Crippen LogP contribution in [0.3, 0.4) is 0 Å². The largest absolute Gasteiger partial charge is 0.379 e. The first-order valence-electron chi connectivity index (χ1n) is 19.0. The van der Waals surface area contributed by atoms with Crippen LogP contribution in [0.2, 0.25) is 0 Å². The first-order valence-corrected chi connectivity index (χ1v) is 20.4. The highest BCUT2D eigenvalue weighted by Gasteiger charge is 2.30. The molecule has 3 aromatic rings. The summed E-state index contributed by atoms with van der Waals surface area (Å²) in [6, 6.07) is 0.594. The van der Waals surface area contributed by atoms with Crippen molar-refractivity contribution in [2.45, 2.75) is 82.2 Å². The van der Waals surface area contributed by atoms with Gasteiger partial charge in [-0.1, -0.05) is 6.92 Å². The molecule has 24 heteroatoms. The van der Waals surface area contributed by atoms with Gasteiger partial charge in [0, 0.05) is 36.4 Å². The number of hydrogen-bond donors (Lipinski definition) is 10. The lowest BCUT2D eigenvalue weighted by molar-refractivity contribution is -0.134. The molecular weight excluding hydrogens is 817 g/mol. The van der Waals surface area contributed by atoms with Crippen LogP contribution < -0.4 is 54.7 Å². The number of H-pyrrole nitrogens is 1. The second kappa shape index (κ2) is 24.8. The molecule has 0 unspecified atom stereocenters. The molecule has 3 rings (SSSR count). The fraction of sp³-hybridized carbons (Fsp3) is 0.432. The van der Waals surface area contributed by atoms with E-state index in [0.29, 0.717) is 36.0 Å². The highest BCUT2D eigenvalue weighted by atomic mass is 32.2.